The van der Waals surface area contributed by atoms with E-state index in [2.05, 4.69) is 15.3 Å². The van der Waals surface area contributed by atoms with Gasteiger partial charge in [-0.1, -0.05) is 11.6 Å². The number of halogens is 2. The fourth-order valence-electron chi connectivity index (χ4n) is 2.90. The second-order valence-corrected chi connectivity index (χ2v) is 6.70. The number of nitrogens with zero attached hydrogens (tertiary/aromatic N) is 4. The number of hydrogen-bond acceptors (Lipinski definition) is 7. The fraction of sp³-hybridized carbons (Fsp3) is 0. The third kappa shape index (κ3) is 4.05. The summed E-state index contributed by atoms with van der Waals surface area (Å²) < 4.78 is 19.1. The molecule has 8 nitrogen and oxygen atoms in total. The molecule has 2 aromatic carbocycles. The van der Waals surface area contributed by atoms with Crippen molar-refractivity contribution in [3.8, 4) is 17.6 Å². The maximum absolute atomic E-state index is 13.5. The van der Waals surface area contributed by atoms with Crippen LogP contribution in [0.3, 0.4) is 0 Å². The van der Waals surface area contributed by atoms with Gasteiger partial charge in [-0.25, -0.2) is 4.39 Å². The standard InChI is InChI=1S/C21H11ClFN5O3/c22-16-7-13(1-2-17(16)23)27-21-12(10-24)11-26-18-9-20(19(28(29)30)8-15(18)21)31-14-3-5-25-6-4-14/h1-9,11H,(H,26,27). The molecule has 0 aliphatic heterocycles. The van der Waals surface area contributed by atoms with E-state index in [0.29, 0.717) is 22.3 Å². The highest BCUT2D eigenvalue weighted by molar-refractivity contribution is 6.31. The van der Waals surface area contributed by atoms with Crippen LogP contribution < -0.4 is 10.1 Å². The minimum Gasteiger partial charge on any atom is -0.450 e. The van der Waals surface area contributed by atoms with Gasteiger partial charge in [-0.2, -0.15) is 5.26 Å². The summed E-state index contributed by atoms with van der Waals surface area (Å²) in [7, 11) is 0. The molecule has 0 atom stereocenters. The minimum atomic E-state index is -0.596. The van der Waals surface area contributed by atoms with E-state index >= 15 is 0 Å². The molecule has 2 heterocycles. The molecule has 0 radical (unpaired) electrons. The van der Waals surface area contributed by atoms with Crippen molar-refractivity contribution in [2.75, 3.05) is 5.32 Å². The van der Waals surface area contributed by atoms with Crippen molar-refractivity contribution >= 4 is 39.6 Å². The molecule has 0 saturated heterocycles. The molecule has 0 fully saturated rings. The van der Waals surface area contributed by atoms with Gasteiger partial charge in [-0.3, -0.25) is 20.1 Å². The van der Waals surface area contributed by atoms with Crippen LogP contribution in [0.2, 0.25) is 5.02 Å². The first-order valence-corrected chi connectivity index (χ1v) is 9.15. The van der Waals surface area contributed by atoms with Gasteiger partial charge in [0.15, 0.2) is 0 Å². The largest absolute Gasteiger partial charge is 0.450 e. The molecule has 0 saturated carbocycles. The first-order chi connectivity index (χ1) is 15.0. The third-order valence-electron chi connectivity index (χ3n) is 4.33. The van der Waals surface area contributed by atoms with Crippen LogP contribution in [0.15, 0.2) is 61.1 Å². The molecule has 0 amide bonds. The molecule has 4 aromatic rings. The number of aromatic nitrogens is 2. The maximum atomic E-state index is 13.5. The van der Waals surface area contributed by atoms with Gasteiger partial charge in [-0.05, 0) is 30.3 Å². The molecule has 152 valence electrons. The molecule has 2 aromatic heterocycles. The molecule has 0 spiro atoms. The summed E-state index contributed by atoms with van der Waals surface area (Å²) in [6.45, 7) is 0. The van der Waals surface area contributed by atoms with E-state index in [4.69, 9.17) is 16.3 Å². The summed E-state index contributed by atoms with van der Waals surface area (Å²) >= 11 is 5.83. The summed E-state index contributed by atoms with van der Waals surface area (Å²) in [6, 6.07) is 11.8. The molecule has 0 aliphatic rings. The molecular weight excluding hydrogens is 425 g/mol. The van der Waals surface area contributed by atoms with Crippen LogP contribution >= 0.6 is 11.6 Å². The zero-order valence-corrected chi connectivity index (χ0v) is 16.3. The Labute approximate surface area is 179 Å². The zero-order chi connectivity index (χ0) is 22.0. The summed E-state index contributed by atoms with van der Waals surface area (Å²) in [4.78, 5) is 19.2. The Bertz CT molecular complexity index is 1360. The van der Waals surface area contributed by atoms with Gasteiger partial charge in [0, 0.05) is 41.8 Å². The van der Waals surface area contributed by atoms with Crippen LogP contribution in [-0.2, 0) is 0 Å². The van der Waals surface area contributed by atoms with Gasteiger partial charge >= 0.3 is 5.69 Å². The van der Waals surface area contributed by atoms with Crippen LogP contribution in [0, 0.1) is 27.3 Å². The van der Waals surface area contributed by atoms with Crippen molar-refractivity contribution < 1.29 is 14.1 Å². The summed E-state index contributed by atoms with van der Waals surface area (Å²) in [5.41, 5.74) is 0.847. The van der Waals surface area contributed by atoms with Gasteiger partial charge in [0.1, 0.15) is 17.6 Å². The molecule has 0 unspecified atom stereocenters. The molecule has 4 rings (SSSR count). The first-order valence-electron chi connectivity index (χ1n) is 8.77. The number of fused-ring (bicyclic) bond motifs is 1. The normalized spacial score (nSPS) is 10.5. The predicted octanol–water partition coefficient (Wildman–Crippen LogP) is 5.74. The zero-order valence-electron chi connectivity index (χ0n) is 15.5. The Morgan fingerprint density at radius 3 is 2.65 bits per heavy atom. The smallest absolute Gasteiger partial charge is 0.312 e. The van der Waals surface area contributed by atoms with Crippen LogP contribution in [0.4, 0.5) is 21.5 Å². The molecule has 1 N–H and O–H groups in total. The van der Waals surface area contributed by atoms with Gasteiger partial charge in [0.05, 0.1) is 26.7 Å². The second-order valence-electron chi connectivity index (χ2n) is 6.29. The number of ether oxygens (including phenoxy) is 1. The number of nitro groups is 1. The number of rotatable bonds is 5. The van der Waals surface area contributed by atoms with Gasteiger partial charge in [0.25, 0.3) is 0 Å². The minimum absolute atomic E-state index is 0.0170. The third-order valence-corrected chi connectivity index (χ3v) is 4.62. The molecule has 0 bridgehead atoms. The van der Waals surface area contributed by atoms with Gasteiger partial charge < -0.3 is 10.1 Å². The molecule has 0 aliphatic carbocycles. The summed E-state index contributed by atoms with van der Waals surface area (Å²) in [5.74, 6) is -0.247. The Morgan fingerprint density at radius 2 is 1.97 bits per heavy atom. The SMILES string of the molecule is N#Cc1cnc2cc(Oc3ccncc3)c([N+](=O)[O-])cc2c1Nc1ccc(F)c(Cl)c1. The number of nitriles is 1. The van der Waals surface area contributed by atoms with E-state index in [1.807, 2.05) is 6.07 Å². The number of nitro benzene ring substituents is 1. The average molecular weight is 436 g/mol. The molecule has 10 heteroatoms. The van der Waals surface area contributed by atoms with E-state index in [1.165, 1.54) is 48.9 Å². The Morgan fingerprint density at radius 1 is 1.19 bits per heavy atom. The van der Waals surface area contributed by atoms with Gasteiger partial charge in [-0.15, -0.1) is 0 Å². The number of benzene rings is 2. The highest BCUT2D eigenvalue weighted by Gasteiger charge is 2.21. The Hall–Kier alpha value is -4.29. The van der Waals surface area contributed by atoms with Crippen LogP contribution in [0.5, 0.6) is 11.5 Å². The van der Waals surface area contributed by atoms with E-state index < -0.39 is 10.7 Å². The molecular formula is C21H11ClFN5O3. The van der Waals surface area contributed by atoms with Crippen molar-refractivity contribution in [2.45, 2.75) is 0 Å². The quantitative estimate of drug-likeness (QED) is 0.314. The number of nitrogens with one attached hydrogen (secondary N) is 1. The lowest BCUT2D eigenvalue weighted by Gasteiger charge is -2.13. The lowest BCUT2D eigenvalue weighted by molar-refractivity contribution is -0.385. The van der Waals surface area contributed by atoms with E-state index in [-0.39, 0.29) is 27.7 Å². The highest BCUT2D eigenvalue weighted by Crippen LogP contribution is 2.39. The fourth-order valence-corrected chi connectivity index (χ4v) is 3.08. The van der Waals surface area contributed by atoms with Crippen molar-refractivity contribution in [2.24, 2.45) is 0 Å². The van der Waals surface area contributed by atoms with Gasteiger partial charge in [0.2, 0.25) is 5.75 Å². The average Bonchev–Trinajstić information content (AvgIpc) is 2.76. The number of hydrogen-bond donors (Lipinski definition) is 1. The summed E-state index contributed by atoms with van der Waals surface area (Å²) in [6.07, 6.45) is 4.32. The number of pyridine rings is 2. The van der Waals surface area contributed by atoms with E-state index in [9.17, 15) is 19.8 Å². The Balaban J connectivity index is 1.87. The molecule has 31 heavy (non-hydrogen) atoms. The van der Waals surface area contributed by atoms with Crippen molar-refractivity contribution in [1.82, 2.24) is 9.97 Å². The van der Waals surface area contributed by atoms with Crippen LogP contribution in [0.25, 0.3) is 10.9 Å². The van der Waals surface area contributed by atoms with Crippen molar-refractivity contribution in [3.63, 3.8) is 0 Å². The monoisotopic (exact) mass is 435 g/mol. The van der Waals surface area contributed by atoms with E-state index in [0.717, 1.165) is 0 Å². The summed E-state index contributed by atoms with van der Waals surface area (Å²) in [5, 5.41) is 24.4. The number of anilines is 2. The van der Waals surface area contributed by atoms with Crippen LogP contribution in [-0.4, -0.2) is 14.9 Å². The lowest BCUT2D eigenvalue weighted by Crippen LogP contribution is -2.00. The predicted molar refractivity (Wildman–Crippen MR) is 112 cm³/mol. The first kappa shape index (κ1) is 20.0. The highest BCUT2D eigenvalue weighted by atomic mass is 35.5. The topological polar surface area (TPSA) is 114 Å². The van der Waals surface area contributed by atoms with Crippen LogP contribution in [0.1, 0.15) is 5.56 Å². The van der Waals surface area contributed by atoms with E-state index in [1.54, 1.807) is 12.1 Å². The van der Waals surface area contributed by atoms with Crippen molar-refractivity contribution in [3.05, 3.63) is 87.6 Å². The maximum Gasteiger partial charge on any atom is 0.312 e. The Kier molecular flexibility index (Phi) is 5.30. The lowest BCUT2D eigenvalue weighted by atomic mass is 10.1. The second kappa shape index (κ2) is 8.22. The van der Waals surface area contributed by atoms with Crippen molar-refractivity contribution in [1.29, 1.82) is 5.26 Å².